The summed E-state index contributed by atoms with van der Waals surface area (Å²) in [4.78, 5) is 25.5. The predicted molar refractivity (Wildman–Crippen MR) is 99.6 cm³/mol. The minimum absolute atomic E-state index is 0.128. The first-order chi connectivity index (χ1) is 12.0. The van der Waals surface area contributed by atoms with E-state index in [9.17, 15) is 9.59 Å². The molecule has 0 saturated heterocycles. The number of amides is 1. The number of carbonyl (C=O) groups excluding carboxylic acids is 1. The molecule has 5 heteroatoms. The van der Waals surface area contributed by atoms with Crippen molar-refractivity contribution in [3.8, 4) is 5.75 Å². The monoisotopic (exact) mass is 336 g/mol. The summed E-state index contributed by atoms with van der Waals surface area (Å²) in [5.41, 5.74) is 2.26. The molecule has 0 spiro atoms. The van der Waals surface area contributed by atoms with Crippen molar-refractivity contribution >= 4 is 22.5 Å². The third-order valence-electron chi connectivity index (χ3n) is 4.15. The zero-order chi connectivity index (χ0) is 18.0. The summed E-state index contributed by atoms with van der Waals surface area (Å²) in [6.07, 6.45) is 1.62. The van der Waals surface area contributed by atoms with E-state index in [1.807, 2.05) is 36.6 Å². The molecule has 0 aliphatic heterocycles. The Morgan fingerprint density at radius 3 is 2.72 bits per heavy atom. The number of carbonyl (C=O) groups is 1. The molecule has 5 nitrogen and oxygen atoms in total. The van der Waals surface area contributed by atoms with Crippen LogP contribution in [0.15, 0.2) is 53.5 Å². The number of aromatic nitrogens is 1. The third-order valence-corrected chi connectivity index (χ3v) is 4.15. The zero-order valence-corrected chi connectivity index (χ0v) is 14.5. The van der Waals surface area contributed by atoms with Gasteiger partial charge in [0.25, 0.3) is 5.91 Å². The van der Waals surface area contributed by atoms with Crippen LogP contribution >= 0.6 is 0 Å². The molecule has 0 fully saturated rings. The van der Waals surface area contributed by atoms with Crippen LogP contribution in [-0.2, 0) is 6.54 Å². The molecule has 3 rings (SSSR count). The highest BCUT2D eigenvalue weighted by molar-refractivity contribution is 6.05. The lowest BCUT2D eigenvalue weighted by Gasteiger charge is -2.12. The van der Waals surface area contributed by atoms with Crippen molar-refractivity contribution in [2.45, 2.75) is 20.4 Å². The topological polar surface area (TPSA) is 60.3 Å². The van der Waals surface area contributed by atoms with Gasteiger partial charge in [0.2, 0.25) is 5.43 Å². The Hall–Kier alpha value is -3.08. The van der Waals surface area contributed by atoms with Crippen molar-refractivity contribution in [3.05, 3.63) is 70.0 Å². The number of nitrogens with zero attached hydrogens (tertiary/aromatic N) is 1. The number of pyridine rings is 1. The van der Waals surface area contributed by atoms with E-state index in [0.717, 1.165) is 11.1 Å². The largest absolute Gasteiger partial charge is 0.497 e. The van der Waals surface area contributed by atoms with Crippen LogP contribution in [0, 0.1) is 6.92 Å². The molecule has 1 aromatic heterocycles. The first-order valence-corrected chi connectivity index (χ1v) is 8.12. The van der Waals surface area contributed by atoms with Crippen LogP contribution in [0.3, 0.4) is 0 Å². The van der Waals surface area contributed by atoms with Gasteiger partial charge in [0.05, 0.1) is 12.6 Å². The molecular formula is C20H20N2O3. The highest BCUT2D eigenvalue weighted by Gasteiger charge is 2.15. The van der Waals surface area contributed by atoms with E-state index < -0.39 is 5.91 Å². The summed E-state index contributed by atoms with van der Waals surface area (Å²) >= 11 is 0. The van der Waals surface area contributed by atoms with E-state index in [1.54, 1.807) is 37.6 Å². The van der Waals surface area contributed by atoms with E-state index in [2.05, 4.69) is 5.32 Å². The van der Waals surface area contributed by atoms with Crippen molar-refractivity contribution in [2.75, 3.05) is 12.4 Å². The molecule has 0 radical (unpaired) electrons. The Balaban J connectivity index is 2.06. The molecule has 0 saturated carbocycles. The lowest BCUT2D eigenvalue weighted by atomic mass is 10.1. The molecule has 0 aliphatic rings. The van der Waals surface area contributed by atoms with E-state index in [1.165, 1.54) is 0 Å². The molecule has 0 unspecified atom stereocenters. The molecule has 0 aliphatic carbocycles. The molecule has 0 atom stereocenters. The quantitative estimate of drug-likeness (QED) is 0.792. The minimum atomic E-state index is -0.427. The number of aryl methyl sites for hydroxylation is 2. The number of nitrogens with one attached hydrogen (secondary N) is 1. The van der Waals surface area contributed by atoms with Gasteiger partial charge in [0.1, 0.15) is 11.3 Å². The van der Waals surface area contributed by atoms with Gasteiger partial charge in [0.15, 0.2) is 0 Å². The van der Waals surface area contributed by atoms with Crippen LogP contribution in [0.4, 0.5) is 5.69 Å². The van der Waals surface area contributed by atoms with E-state index in [4.69, 9.17) is 4.74 Å². The zero-order valence-electron chi connectivity index (χ0n) is 14.5. The van der Waals surface area contributed by atoms with Gasteiger partial charge < -0.3 is 14.6 Å². The van der Waals surface area contributed by atoms with Gasteiger partial charge in [-0.2, -0.15) is 0 Å². The van der Waals surface area contributed by atoms with Crippen LogP contribution in [0.2, 0.25) is 0 Å². The van der Waals surface area contributed by atoms with Gasteiger partial charge >= 0.3 is 0 Å². The molecule has 1 N–H and O–H groups in total. The lowest BCUT2D eigenvalue weighted by molar-refractivity contribution is 0.102. The fraction of sp³-hybridized carbons (Fsp3) is 0.200. The van der Waals surface area contributed by atoms with Gasteiger partial charge in [0, 0.05) is 29.9 Å². The Kier molecular flexibility index (Phi) is 4.57. The van der Waals surface area contributed by atoms with Crippen LogP contribution in [-0.4, -0.2) is 17.6 Å². The fourth-order valence-corrected chi connectivity index (χ4v) is 2.83. The molecule has 3 aromatic rings. The molecule has 1 amide bonds. The Bertz CT molecular complexity index is 1010. The molecule has 0 bridgehead atoms. The van der Waals surface area contributed by atoms with Crippen molar-refractivity contribution in [1.29, 1.82) is 0 Å². The molecule has 128 valence electrons. The second kappa shape index (κ2) is 6.81. The summed E-state index contributed by atoms with van der Waals surface area (Å²) in [7, 11) is 1.56. The number of methoxy groups -OCH3 is 1. The van der Waals surface area contributed by atoms with Crippen LogP contribution in [0.5, 0.6) is 5.75 Å². The average Bonchev–Trinajstić information content (AvgIpc) is 2.62. The lowest BCUT2D eigenvalue weighted by Crippen LogP contribution is -2.24. The maximum absolute atomic E-state index is 12.8. The van der Waals surface area contributed by atoms with E-state index in [0.29, 0.717) is 23.4 Å². The number of hydrogen-bond donors (Lipinski definition) is 1. The molecule has 2 aromatic carbocycles. The highest BCUT2D eigenvalue weighted by Crippen LogP contribution is 2.18. The summed E-state index contributed by atoms with van der Waals surface area (Å²) in [6, 6.07) is 12.7. The van der Waals surface area contributed by atoms with Gasteiger partial charge in [-0.25, -0.2) is 0 Å². The Morgan fingerprint density at radius 2 is 2.00 bits per heavy atom. The average molecular weight is 336 g/mol. The van der Waals surface area contributed by atoms with Gasteiger partial charge in [-0.3, -0.25) is 9.59 Å². The van der Waals surface area contributed by atoms with Gasteiger partial charge in [-0.05, 0) is 38.1 Å². The van der Waals surface area contributed by atoms with Gasteiger partial charge in [-0.1, -0.05) is 17.7 Å². The number of fused-ring (bicyclic) bond motifs is 1. The summed E-state index contributed by atoms with van der Waals surface area (Å²) in [5, 5.41) is 3.33. The Morgan fingerprint density at radius 1 is 1.20 bits per heavy atom. The predicted octanol–water partition coefficient (Wildman–Crippen LogP) is 3.59. The highest BCUT2D eigenvalue weighted by atomic mass is 16.5. The second-order valence-electron chi connectivity index (χ2n) is 5.86. The van der Waals surface area contributed by atoms with Crippen molar-refractivity contribution < 1.29 is 9.53 Å². The SMILES string of the molecule is CCn1cc(C(=O)Nc2cccc(OC)c2)c(=O)c2cc(C)ccc21. The third kappa shape index (κ3) is 3.26. The summed E-state index contributed by atoms with van der Waals surface area (Å²) in [6.45, 7) is 4.57. The minimum Gasteiger partial charge on any atom is -0.497 e. The number of ether oxygens (including phenoxy) is 1. The van der Waals surface area contributed by atoms with Crippen molar-refractivity contribution in [3.63, 3.8) is 0 Å². The first kappa shape index (κ1) is 16.8. The second-order valence-corrected chi connectivity index (χ2v) is 5.86. The van der Waals surface area contributed by atoms with Crippen LogP contribution in [0.25, 0.3) is 10.9 Å². The maximum atomic E-state index is 12.8. The van der Waals surface area contributed by atoms with Crippen LogP contribution in [0.1, 0.15) is 22.8 Å². The number of hydrogen-bond acceptors (Lipinski definition) is 3. The normalized spacial score (nSPS) is 10.7. The van der Waals surface area contributed by atoms with Crippen LogP contribution < -0.4 is 15.5 Å². The Labute approximate surface area is 145 Å². The molecule has 25 heavy (non-hydrogen) atoms. The standard InChI is InChI=1S/C20H20N2O3/c1-4-22-12-17(19(23)16-10-13(2)8-9-18(16)22)20(24)21-14-6-5-7-15(11-14)25-3/h5-12H,4H2,1-3H3,(H,21,24). The molecule has 1 heterocycles. The fourth-order valence-electron chi connectivity index (χ4n) is 2.83. The smallest absolute Gasteiger partial charge is 0.261 e. The number of rotatable bonds is 4. The maximum Gasteiger partial charge on any atom is 0.261 e. The molecular weight excluding hydrogens is 316 g/mol. The van der Waals surface area contributed by atoms with E-state index >= 15 is 0 Å². The van der Waals surface area contributed by atoms with E-state index in [-0.39, 0.29) is 11.0 Å². The summed E-state index contributed by atoms with van der Waals surface area (Å²) < 4.78 is 7.07. The van der Waals surface area contributed by atoms with Crippen molar-refractivity contribution in [2.24, 2.45) is 0 Å². The summed E-state index contributed by atoms with van der Waals surface area (Å²) in [5.74, 6) is 0.210. The first-order valence-electron chi connectivity index (χ1n) is 8.12. The van der Waals surface area contributed by atoms with Gasteiger partial charge in [-0.15, -0.1) is 0 Å². The van der Waals surface area contributed by atoms with Crippen molar-refractivity contribution in [1.82, 2.24) is 4.57 Å². The number of anilines is 1. The number of benzene rings is 2.